The van der Waals surface area contributed by atoms with Crippen molar-refractivity contribution in [1.29, 1.82) is 0 Å². The van der Waals surface area contributed by atoms with Crippen LogP contribution in [0.15, 0.2) is 24.3 Å². The zero-order chi connectivity index (χ0) is 18.3. The minimum absolute atomic E-state index is 0.158. The van der Waals surface area contributed by atoms with Crippen molar-refractivity contribution in [3.63, 3.8) is 0 Å². The Bertz CT molecular complexity index is 518. The second-order valence-corrected chi connectivity index (χ2v) is 10.6. The molecule has 1 atom stereocenters. The van der Waals surface area contributed by atoms with E-state index in [4.69, 9.17) is 4.74 Å². The summed E-state index contributed by atoms with van der Waals surface area (Å²) < 4.78 is 6.10. The molecule has 0 N–H and O–H groups in total. The van der Waals surface area contributed by atoms with Gasteiger partial charge in [-0.1, -0.05) is 67.5 Å². The van der Waals surface area contributed by atoms with Gasteiger partial charge in [0, 0.05) is 0 Å². The molecule has 0 fully saturated rings. The first-order valence-corrected chi connectivity index (χ1v) is 8.85. The highest BCUT2D eigenvalue weighted by Gasteiger charge is 2.46. The molecule has 0 bridgehead atoms. The Kier molecular flexibility index (Phi) is 5.36. The molecule has 0 aliphatic carbocycles. The highest BCUT2D eigenvalue weighted by molar-refractivity contribution is 5.34. The summed E-state index contributed by atoms with van der Waals surface area (Å²) in [5.41, 5.74) is 1.75. The van der Waals surface area contributed by atoms with Crippen molar-refractivity contribution >= 4 is 0 Å². The molecule has 1 rings (SSSR count). The smallest absolute Gasteiger partial charge is 0.120 e. The van der Waals surface area contributed by atoms with Crippen molar-refractivity contribution in [3.8, 4) is 5.75 Å². The van der Waals surface area contributed by atoms with Crippen LogP contribution in [0.4, 0.5) is 0 Å². The molecule has 1 unspecified atom stereocenters. The largest absolute Gasteiger partial charge is 0.488 e. The van der Waals surface area contributed by atoms with Gasteiger partial charge in [0.15, 0.2) is 0 Å². The molecule has 0 spiro atoms. The van der Waals surface area contributed by atoms with Crippen LogP contribution in [0, 0.1) is 16.2 Å². The molecule has 0 aliphatic rings. The molecular formula is C22H38O. The standard InChI is InChI=1S/C22H38O/c1-19(2,3)18(22(10,11)20(4,5)6)16-13-12-14-17(15-16)23-21(7,8)9/h12-15,18H,1-11H3. The lowest BCUT2D eigenvalue weighted by molar-refractivity contribution is 0.0399. The number of hydrogen-bond acceptors (Lipinski definition) is 1. The number of benzene rings is 1. The number of rotatable bonds is 3. The lowest BCUT2D eigenvalue weighted by Crippen LogP contribution is -2.41. The van der Waals surface area contributed by atoms with Crippen LogP contribution >= 0.6 is 0 Å². The van der Waals surface area contributed by atoms with E-state index in [1.54, 1.807) is 0 Å². The van der Waals surface area contributed by atoms with Crippen LogP contribution in [0.5, 0.6) is 5.75 Å². The average molecular weight is 319 g/mol. The SMILES string of the molecule is CC(C)(C)Oc1cccc(C(C(C)(C)C)C(C)(C)C(C)(C)C)c1. The molecule has 1 aromatic rings. The Morgan fingerprint density at radius 2 is 1.30 bits per heavy atom. The third kappa shape index (κ3) is 4.99. The van der Waals surface area contributed by atoms with Gasteiger partial charge in [-0.25, -0.2) is 0 Å². The van der Waals surface area contributed by atoms with Gasteiger partial charge in [-0.15, -0.1) is 0 Å². The van der Waals surface area contributed by atoms with E-state index >= 15 is 0 Å². The summed E-state index contributed by atoms with van der Waals surface area (Å²) in [6, 6.07) is 8.71. The maximum atomic E-state index is 6.10. The molecule has 0 radical (unpaired) electrons. The minimum Gasteiger partial charge on any atom is -0.488 e. The highest BCUT2D eigenvalue weighted by atomic mass is 16.5. The molecule has 0 aromatic heterocycles. The highest BCUT2D eigenvalue weighted by Crippen LogP contribution is 2.55. The first-order chi connectivity index (χ1) is 10.1. The number of hydrogen-bond donors (Lipinski definition) is 0. The molecule has 1 aromatic carbocycles. The second kappa shape index (κ2) is 6.15. The van der Waals surface area contributed by atoms with Gasteiger partial charge in [0.05, 0.1) is 0 Å². The Morgan fingerprint density at radius 1 is 0.783 bits per heavy atom. The third-order valence-corrected chi connectivity index (χ3v) is 5.14. The van der Waals surface area contributed by atoms with Crippen LogP contribution in [-0.2, 0) is 0 Å². The van der Waals surface area contributed by atoms with Crippen LogP contribution < -0.4 is 4.74 Å². The summed E-state index contributed by atoms with van der Waals surface area (Å²) in [4.78, 5) is 0. The van der Waals surface area contributed by atoms with Gasteiger partial charge < -0.3 is 4.74 Å². The Balaban J connectivity index is 3.39. The van der Waals surface area contributed by atoms with E-state index in [0.717, 1.165) is 5.75 Å². The second-order valence-electron chi connectivity index (χ2n) is 10.6. The summed E-state index contributed by atoms with van der Waals surface area (Å²) >= 11 is 0. The van der Waals surface area contributed by atoms with Crippen molar-refractivity contribution in [2.75, 3.05) is 0 Å². The fraction of sp³-hybridized carbons (Fsp3) is 0.727. The lowest BCUT2D eigenvalue weighted by atomic mass is 9.54. The first kappa shape index (κ1) is 20.1. The van der Waals surface area contributed by atoms with Crippen molar-refractivity contribution in [1.82, 2.24) is 0 Å². The zero-order valence-electron chi connectivity index (χ0n) is 17.3. The molecular weight excluding hydrogens is 280 g/mol. The fourth-order valence-electron chi connectivity index (χ4n) is 3.54. The molecule has 0 saturated heterocycles. The summed E-state index contributed by atoms with van der Waals surface area (Å²) in [6.45, 7) is 25.2. The average Bonchev–Trinajstić information content (AvgIpc) is 2.22. The molecule has 132 valence electrons. The van der Waals surface area contributed by atoms with Crippen LogP contribution in [0.1, 0.15) is 87.6 Å². The molecule has 0 amide bonds. The van der Waals surface area contributed by atoms with Crippen LogP contribution in [0.25, 0.3) is 0 Å². The van der Waals surface area contributed by atoms with Gasteiger partial charge in [0.2, 0.25) is 0 Å². The lowest BCUT2D eigenvalue weighted by Gasteiger charge is -2.51. The fourth-order valence-corrected chi connectivity index (χ4v) is 3.54. The zero-order valence-corrected chi connectivity index (χ0v) is 17.3. The van der Waals surface area contributed by atoms with Crippen LogP contribution in [0.2, 0.25) is 0 Å². The normalized spacial score (nSPS) is 15.4. The molecule has 1 nitrogen and oxygen atoms in total. The van der Waals surface area contributed by atoms with Gasteiger partial charge in [-0.3, -0.25) is 0 Å². The van der Waals surface area contributed by atoms with E-state index in [9.17, 15) is 0 Å². The maximum Gasteiger partial charge on any atom is 0.120 e. The molecule has 0 heterocycles. The van der Waals surface area contributed by atoms with Gasteiger partial charge >= 0.3 is 0 Å². The Morgan fingerprint density at radius 3 is 1.70 bits per heavy atom. The van der Waals surface area contributed by atoms with E-state index in [0.29, 0.717) is 5.92 Å². The van der Waals surface area contributed by atoms with E-state index in [2.05, 4.69) is 100 Å². The van der Waals surface area contributed by atoms with Crippen molar-refractivity contribution in [2.24, 2.45) is 16.2 Å². The minimum atomic E-state index is -0.171. The van der Waals surface area contributed by atoms with Crippen molar-refractivity contribution < 1.29 is 4.74 Å². The quantitative estimate of drug-likeness (QED) is 0.579. The molecule has 0 saturated carbocycles. The van der Waals surface area contributed by atoms with E-state index < -0.39 is 0 Å². The Hall–Kier alpha value is -0.980. The van der Waals surface area contributed by atoms with Crippen molar-refractivity contribution in [3.05, 3.63) is 29.8 Å². The van der Waals surface area contributed by atoms with Crippen LogP contribution in [0.3, 0.4) is 0 Å². The molecule has 23 heavy (non-hydrogen) atoms. The van der Waals surface area contributed by atoms with Crippen LogP contribution in [-0.4, -0.2) is 5.60 Å². The van der Waals surface area contributed by atoms with Gasteiger partial charge in [0.1, 0.15) is 11.4 Å². The van der Waals surface area contributed by atoms with E-state index in [1.165, 1.54) is 5.56 Å². The van der Waals surface area contributed by atoms with Crippen molar-refractivity contribution in [2.45, 2.75) is 87.7 Å². The summed E-state index contributed by atoms with van der Waals surface area (Å²) in [7, 11) is 0. The predicted molar refractivity (Wildman–Crippen MR) is 102 cm³/mol. The molecule has 1 heteroatoms. The first-order valence-electron chi connectivity index (χ1n) is 8.85. The van der Waals surface area contributed by atoms with Gasteiger partial charge in [-0.05, 0) is 60.6 Å². The summed E-state index contributed by atoms with van der Waals surface area (Å²) in [6.07, 6.45) is 0. The van der Waals surface area contributed by atoms with E-state index in [-0.39, 0.29) is 21.8 Å². The third-order valence-electron chi connectivity index (χ3n) is 5.14. The monoisotopic (exact) mass is 318 g/mol. The molecule has 0 aliphatic heterocycles. The Labute approximate surface area is 144 Å². The summed E-state index contributed by atoms with van der Waals surface area (Å²) in [5, 5.41) is 0. The van der Waals surface area contributed by atoms with Gasteiger partial charge in [0.25, 0.3) is 0 Å². The van der Waals surface area contributed by atoms with E-state index in [1.807, 2.05) is 0 Å². The maximum absolute atomic E-state index is 6.10. The van der Waals surface area contributed by atoms with Gasteiger partial charge in [-0.2, -0.15) is 0 Å². The number of ether oxygens (including phenoxy) is 1. The predicted octanol–water partition coefficient (Wildman–Crippen LogP) is 7.07. The topological polar surface area (TPSA) is 9.23 Å². The summed E-state index contributed by atoms with van der Waals surface area (Å²) in [5.74, 6) is 1.41.